The van der Waals surface area contributed by atoms with E-state index in [1.165, 1.54) is 0 Å². The zero-order valence-corrected chi connectivity index (χ0v) is 11.5. The van der Waals surface area contributed by atoms with Gasteiger partial charge in [-0.15, -0.1) is 0 Å². The molecule has 6 nitrogen and oxygen atoms in total. The van der Waals surface area contributed by atoms with E-state index < -0.39 is 0 Å². The molecule has 0 atom stereocenters. The maximum absolute atomic E-state index is 10.8. The Balaban J connectivity index is 2.48. The summed E-state index contributed by atoms with van der Waals surface area (Å²) < 4.78 is 2.08. The van der Waals surface area contributed by atoms with Crippen molar-refractivity contribution >= 4 is 22.8 Å². The van der Waals surface area contributed by atoms with Gasteiger partial charge in [0.15, 0.2) is 5.82 Å². The second kappa shape index (κ2) is 4.87. The number of nitrogens with two attached hydrogens (primary N) is 2. The maximum Gasteiger partial charge on any atom is 0.217 e. The molecule has 0 bridgehead atoms. The van der Waals surface area contributed by atoms with Crippen LogP contribution in [0.2, 0.25) is 0 Å². The van der Waals surface area contributed by atoms with Crippen LogP contribution in [0.25, 0.3) is 11.0 Å². The molecule has 0 spiro atoms. The number of rotatable bonds is 4. The van der Waals surface area contributed by atoms with Crippen LogP contribution in [0, 0.1) is 20.8 Å². The van der Waals surface area contributed by atoms with E-state index in [0.717, 1.165) is 28.1 Å². The minimum absolute atomic E-state index is 0.281. The summed E-state index contributed by atoms with van der Waals surface area (Å²) in [5, 5.41) is 0. The monoisotopic (exact) mass is 261 g/mol. The summed E-state index contributed by atoms with van der Waals surface area (Å²) in [5.74, 6) is 1.05. The molecule has 0 unspecified atom stereocenters. The fourth-order valence-corrected chi connectivity index (χ4v) is 2.30. The molecule has 0 aliphatic carbocycles. The van der Waals surface area contributed by atoms with E-state index in [2.05, 4.69) is 14.5 Å². The van der Waals surface area contributed by atoms with Gasteiger partial charge in [-0.3, -0.25) is 4.79 Å². The SMILES string of the molecule is Cc1nc(N)c2nc(C)n(CCCC(N)=O)c2c1C. The molecule has 0 aliphatic heterocycles. The van der Waals surface area contributed by atoms with Gasteiger partial charge in [0.25, 0.3) is 0 Å². The predicted octanol–water partition coefficient (Wildman–Crippen LogP) is 1.20. The first-order valence-corrected chi connectivity index (χ1v) is 6.29. The third-order valence-corrected chi connectivity index (χ3v) is 3.39. The Labute approximate surface area is 111 Å². The van der Waals surface area contributed by atoms with Crippen molar-refractivity contribution in [1.29, 1.82) is 0 Å². The second-order valence-electron chi connectivity index (χ2n) is 4.79. The van der Waals surface area contributed by atoms with Gasteiger partial charge in [-0.25, -0.2) is 9.97 Å². The van der Waals surface area contributed by atoms with Crippen LogP contribution in [-0.2, 0) is 11.3 Å². The molecule has 0 saturated heterocycles. The van der Waals surface area contributed by atoms with Crippen LogP contribution in [0.5, 0.6) is 0 Å². The molecule has 0 fully saturated rings. The number of hydrogen-bond donors (Lipinski definition) is 2. The average Bonchev–Trinajstić information content (AvgIpc) is 2.64. The van der Waals surface area contributed by atoms with Gasteiger partial charge in [-0.05, 0) is 32.8 Å². The lowest BCUT2D eigenvalue weighted by Crippen LogP contribution is -2.12. The number of carbonyl (C=O) groups excluding carboxylic acids is 1. The summed E-state index contributed by atoms with van der Waals surface area (Å²) in [6.07, 6.45) is 1.07. The molecule has 19 heavy (non-hydrogen) atoms. The highest BCUT2D eigenvalue weighted by molar-refractivity contribution is 5.88. The number of primary amides is 1. The standard InChI is InChI=1S/C13H19N5O/c1-7-8(2)16-13(15)11-12(7)18(9(3)17-11)6-4-5-10(14)19/h4-6H2,1-3H3,(H2,14,19)(H2,15,16). The fraction of sp³-hybridized carbons (Fsp3) is 0.462. The van der Waals surface area contributed by atoms with Gasteiger partial charge in [0.2, 0.25) is 5.91 Å². The number of aromatic nitrogens is 3. The van der Waals surface area contributed by atoms with Gasteiger partial charge < -0.3 is 16.0 Å². The lowest BCUT2D eigenvalue weighted by atomic mass is 10.2. The highest BCUT2D eigenvalue weighted by Crippen LogP contribution is 2.25. The molecular formula is C13H19N5O. The Bertz CT molecular complexity index is 644. The highest BCUT2D eigenvalue weighted by atomic mass is 16.1. The largest absolute Gasteiger partial charge is 0.382 e. The zero-order chi connectivity index (χ0) is 14.2. The first-order chi connectivity index (χ1) is 8.91. The van der Waals surface area contributed by atoms with Gasteiger partial charge in [0.1, 0.15) is 11.3 Å². The van der Waals surface area contributed by atoms with E-state index >= 15 is 0 Å². The van der Waals surface area contributed by atoms with E-state index in [0.29, 0.717) is 25.2 Å². The second-order valence-corrected chi connectivity index (χ2v) is 4.79. The average molecular weight is 261 g/mol. The van der Waals surface area contributed by atoms with Gasteiger partial charge in [0.05, 0.1) is 5.52 Å². The van der Waals surface area contributed by atoms with E-state index in [4.69, 9.17) is 11.5 Å². The Morgan fingerprint density at radius 1 is 1.26 bits per heavy atom. The number of fused-ring (bicyclic) bond motifs is 1. The number of amides is 1. The van der Waals surface area contributed by atoms with Crippen molar-refractivity contribution < 1.29 is 4.79 Å². The van der Waals surface area contributed by atoms with Crippen LogP contribution in [0.3, 0.4) is 0 Å². The third kappa shape index (κ3) is 2.38. The smallest absolute Gasteiger partial charge is 0.217 e. The molecule has 1 amide bonds. The number of aryl methyl sites for hydroxylation is 4. The van der Waals surface area contributed by atoms with Gasteiger partial charge in [0, 0.05) is 18.7 Å². The molecule has 0 saturated carbocycles. The van der Waals surface area contributed by atoms with Crippen molar-refractivity contribution in [2.45, 2.75) is 40.2 Å². The maximum atomic E-state index is 10.8. The van der Waals surface area contributed by atoms with Crippen LogP contribution in [-0.4, -0.2) is 20.4 Å². The van der Waals surface area contributed by atoms with Crippen LogP contribution < -0.4 is 11.5 Å². The number of imidazole rings is 1. The lowest BCUT2D eigenvalue weighted by Gasteiger charge is -2.09. The highest BCUT2D eigenvalue weighted by Gasteiger charge is 2.15. The number of hydrogen-bond acceptors (Lipinski definition) is 4. The normalized spacial score (nSPS) is 11.1. The molecular weight excluding hydrogens is 242 g/mol. The summed E-state index contributed by atoms with van der Waals surface area (Å²) >= 11 is 0. The first kappa shape index (κ1) is 13.3. The molecule has 2 aromatic heterocycles. The zero-order valence-electron chi connectivity index (χ0n) is 11.5. The van der Waals surface area contributed by atoms with Crippen molar-refractivity contribution in [3.05, 3.63) is 17.1 Å². The number of nitrogens with zero attached hydrogens (tertiary/aromatic N) is 3. The molecule has 0 radical (unpaired) electrons. The van der Waals surface area contributed by atoms with Crippen LogP contribution in [0.15, 0.2) is 0 Å². The fourth-order valence-electron chi connectivity index (χ4n) is 2.30. The molecule has 2 heterocycles. The molecule has 4 N–H and O–H groups in total. The van der Waals surface area contributed by atoms with Crippen molar-refractivity contribution in [1.82, 2.24) is 14.5 Å². The van der Waals surface area contributed by atoms with Crippen molar-refractivity contribution in [3.63, 3.8) is 0 Å². The molecule has 0 aromatic carbocycles. The summed E-state index contributed by atoms with van der Waals surface area (Å²) in [4.78, 5) is 19.6. The van der Waals surface area contributed by atoms with Gasteiger partial charge in [-0.1, -0.05) is 0 Å². The Hall–Kier alpha value is -2.11. The van der Waals surface area contributed by atoms with Crippen LogP contribution in [0.4, 0.5) is 5.82 Å². The van der Waals surface area contributed by atoms with E-state index in [1.807, 2.05) is 20.8 Å². The number of nitrogen functional groups attached to an aromatic ring is 1. The Morgan fingerprint density at radius 3 is 2.58 bits per heavy atom. The van der Waals surface area contributed by atoms with Crippen LogP contribution >= 0.6 is 0 Å². The summed E-state index contributed by atoms with van der Waals surface area (Å²) in [6.45, 7) is 6.57. The molecule has 2 rings (SSSR count). The van der Waals surface area contributed by atoms with E-state index in [9.17, 15) is 4.79 Å². The summed E-state index contributed by atoms with van der Waals surface area (Å²) in [5.41, 5.74) is 14.8. The predicted molar refractivity (Wildman–Crippen MR) is 74.6 cm³/mol. The first-order valence-electron chi connectivity index (χ1n) is 6.29. The molecule has 102 valence electrons. The van der Waals surface area contributed by atoms with Gasteiger partial charge >= 0.3 is 0 Å². The van der Waals surface area contributed by atoms with E-state index in [1.54, 1.807) is 0 Å². The number of carbonyl (C=O) groups is 1. The van der Waals surface area contributed by atoms with Crippen LogP contribution in [0.1, 0.15) is 29.9 Å². The summed E-state index contributed by atoms with van der Waals surface area (Å²) in [6, 6.07) is 0. The van der Waals surface area contributed by atoms with Crippen molar-refractivity contribution in [3.8, 4) is 0 Å². The Morgan fingerprint density at radius 2 is 1.95 bits per heavy atom. The Kier molecular flexibility index (Phi) is 3.42. The number of anilines is 1. The minimum Gasteiger partial charge on any atom is -0.382 e. The van der Waals surface area contributed by atoms with Crippen molar-refractivity contribution in [2.24, 2.45) is 5.73 Å². The molecule has 2 aromatic rings. The quantitative estimate of drug-likeness (QED) is 0.863. The topological polar surface area (TPSA) is 99.8 Å². The molecule has 6 heteroatoms. The molecule has 0 aliphatic rings. The lowest BCUT2D eigenvalue weighted by molar-refractivity contribution is -0.118. The number of pyridine rings is 1. The summed E-state index contributed by atoms with van der Waals surface area (Å²) in [7, 11) is 0. The minimum atomic E-state index is -0.281. The van der Waals surface area contributed by atoms with Crippen molar-refractivity contribution in [2.75, 3.05) is 5.73 Å². The third-order valence-electron chi connectivity index (χ3n) is 3.39. The van der Waals surface area contributed by atoms with Gasteiger partial charge in [-0.2, -0.15) is 0 Å². The van der Waals surface area contributed by atoms with E-state index in [-0.39, 0.29) is 5.91 Å².